The first-order chi connectivity index (χ1) is 11.2. The van der Waals surface area contributed by atoms with Gasteiger partial charge in [-0.25, -0.2) is 0 Å². The van der Waals surface area contributed by atoms with Crippen LogP contribution >= 0.6 is 0 Å². The summed E-state index contributed by atoms with van der Waals surface area (Å²) in [5.41, 5.74) is 1.58. The van der Waals surface area contributed by atoms with Crippen LogP contribution in [0.2, 0.25) is 0 Å². The number of piperazine rings is 1. The third-order valence-electron chi connectivity index (χ3n) is 5.51. The van der Waals surface area contributed by atoms with E-state index in [4.69, 9.17) is 9.31 Å². The number of nitrogens with zero attached hydrogens (tertiary/aromatic N) is 2. The first-order valence-corrected chi connectivity index (χ1v) is 8.66. The molecule has 0 spiro atoms. The van der Waals surface area contributed by atoms with Gasteiger partial charge in [0.15, 0.2) is 0 Å². The van der Waals surface area contributed by atoms with Crippen LogP contribution in [0.15, 0.2) is 24.3 Å². The maximum absolute atomic E-state index is 11.4. The van der Waals surface area contributed by atoms with Gasteiger partial charge in [0, 0.05) is 38.8 Å². The molecule has 2 saturated heterocycles. The Kier molecular flexibility index (Phi) is 4.38. The van der Waals surface area contributed by atoms with Crippen molar-refractivity contribution in [3.05, 3.63) is 24.3 Å². The molecule has 0 aliphatic carbocycles. The second kappa shape index (κ2) is 6.08. The summed E-state index contributed by atoms with van der Waals surface area (Å²) in [6.07, 6.45) is 0. The van der Waals surface area contributed by atoms with Crippen molar-refractivity contribution in [2.45, 2.75) is 45.8 Å². The maximum Gasteiger partial charge on any atom is 0.494 e. The zero-order valence-corrected chi connectivity index (χ0v) is 15.3. The number of benzene rings is 1. The number of rotatable bonds is 2. The molecule has 130 valence electrons. The normalized spacial score (nSPS) is 22.8. The SMILES string of the molecule is CC(=O)N1CCN(c2ccc(B3OC(C)(C)C(C)(C)O3)cc2)CC1. The van der Waals surface area contributed by atoms with Crippen LogP contribution in [0.1, 0.15) is 34.6 Å². The fourth-order valence-corrected chi connectivity index (χ4v) is 3.10. The molecule has 0 radical (unpaired) electrons. The standard InChI is InChI=1S/C18H27BN2O3/c1-14(22)20-10-12-21(13-11-20)16-8-6-15(7-9-16)19-23-17(2,3)18(4,5)24-19/h6-9H,10-13H2,1-5H3. The summed E-state index contributed by atoms with van der Waals surface area (Å²) < 4.78 is 12.2. The number of anilines is 1. The van der Waals surface area contributed by atoms with Crippen LogP contribution in [-0.2, 0) is 14.1 Å². The molecule has 5 nitrogen and oxygen atoms in total. The van der Waals surface area contributed by atoms with Gasteiger partial charge in [-0.1, -0.05) is 12.1 Å². The van der Waals surface area contributed by atoms with Crippen LogP contribution in [0.5, 0.6) is 0 Å². The summed E-state index contributed by atoms with van der Waals surface area (Å²) in [4.78, 5) is 15.6. The third-order valence-corrected chi connectivity index (χ3v) is 5.51. The van der Waals surface area contributed by atoms with Gasteiger partial charge in [0.05, 0.1) is 11.2 Å². The lowest BCUT2D eigenvalue weighted by atomic mass is 9.79. The lowest BCUT2D eigenvalue weighted by Gasteiger charge is -2.35. The van der Waals surface area contributed by atoms with Gasteiger partial charge in [-0.3, -0.25) is 4.79 Å². The topological polar surface area (TPSA) is 42.0 Å². The second-order valence-corrected chi connectivity index (χ2v) is 7.67. The average Bonchev–Trinajstić information content (AvgIpc) is 2.76. The molecular formula is C18H27BN2O3. The average molecular weight is 330 g/mol. The highest BCUT2D eigenvalue weighted by Crippen LogP contribution is 2.36. The van der Waals surface area contributed by atoms with Gasteiger partial charge in [-0.2, -0.15) is 0 Å². The van der Waals surface area contributed by atoms with E-state index < -0.39 is 0 Å². The fourth-order valence-electron chi connectivity index (χ4n) is 3.10. The fraction of sp³-hybridized carbons (Fsp3) is 0.611. The monoisotopic (exact) mass is 330 g/mol. The Hall–Kier alpha value is -1.53. The van der Waals surface area contributed by atoms with E-state index >= 15 is 0 Å². The highest BCUT2D eigenvalue weighted by Gasteiger charge is 2.51. The van der Waals surface area contributed by atoms with Gasteiger partial charge in [-0.05, 0) is 45.3 Å². The molecular weight excluding hydrogens is 303 g/mol. The Morgan fingerprint density at radius 3 is 1.92 bits per heavy atom. The van der Waals surface area contributed by atoms with Gasteiger partial charge < -0.3 is 19.1 Å². The molecule has 1 amide bonds. The van der Waals surface area contributed by atoms with Crippen molar-refractivity contribution in [2.75, 3.05) is 31.1 Å². The first-order valence-electron chi connectivity index (χ1n) is 8.66. The van der Waals surface area contributed by atoms with E-state index in [0.717, 1.165) is 31.6 Å². The largest absolute Gasteiger partial charge is 0.494 e. The summed E-state index contributed by atoms with van der Waals surface area (Å²) in [5, 5.41) is 0. The van der Waals surface area contributed by atoms with Crippen molar-refractivity contribution in [2.24, 2.45) is 0 Å². The van der Waals surface area contributed by atoms with Crippen LogP contribution in [-0.4, -0.2) is 55.3 Å². The van der Waals surface area contributed by atoms with Crippen molar-refractivity contribution in [1.82, 2.24) is 4.90 Å². The predicted molar refractivity (Wildman–Crippen MR) is 96.6 cm³/mol. The van der Waals surface area contributed by atoms with Gasteiger partial charge in [-0.15, -0.1) is 0 Å². The van der Waals surface area contributed by atoms with E-state index in [0.29, 0.717) is 0 Å². The molecule has 2 heterocycles. The minimum atomic E-state index is -0.321. The molecule has 2 aliphatic rings. The van der Waals surface area contributed by atoms with Crippen molar-refractivity contribution >= 4 is 24.2 Å². The molecule has 2 fully saturated rings. The molecule has 2 aliphatic heterocycles. The first kappa shape index (κ1) is 17.3. The van der Waals surface area contributed by atoms with Crippen LogP contribution in [0.25, 0.3) is 0 Å². The molecule has 6 heteroatoms. The number of hydrogen-bond acceptors (Lipinski definition) is 4. The summed E-state index contributed by atoms with van der Waals surface area (Å²) in [6, 6.07) is 8.39. The van der Waals surface area contributed by atoms with Crippen LogP contribution in [0, 0.1) is 0 Å². The van der Waals surface area contributed by atoms with E-state index in [1.807, 2.05) is 4.90 Å². The van der Waals surface area contributed by atoms with E-state index in [1.54, 1.807) is 6.92 Å². The minimum Gasteiger partial charge on any atom is -0.399 e. The highest BCUT2D eigenvalue weighted by molar-refractivity contribution is 6.62. The molecule has 1 aromatic carbocycles. The van der Waals surface area contributed by atoms with E-state index in [2.05, 4.69) is 56.9 Å². The Bertz CT molecular complexity index is 591. The number of hydrogen-bond donors (Lipinski definition) is 0. The molecule has 0 N–H and O–H groups in total. The van der Waals surface area contributed by atoms with Crippen LogP contribution in [0.4, 0.5) is 5.69 Å². The molecule has 0 saturated carbocycles. The molecule has 0 atom stereocenters. The molecule has 0 bridgehead atoms. The molecule has 0 unspecified atom stereocenters. The lowest BCUT2D eigenvalue weighted by Crippen LogP contribution is -2.48. The zero-order chi connectivity index (χ0) is 17.5. The van der Waals surface area contributed by atoms with Crippen molar-refractivity contribution in [3.63, 3.8) is 0 Å². The second-order valence-electron chi connectivity index (χ2n) is 7.67. The Morgan fingerprint density at radius 2 is 1.46 bits per heavy atom. The molecule has 3 rings (SSSR count). The van der Waals surface area contributed by atoms with E-state index in [1.165, 1.54) is 5.69 Å². The molecule has 0 aromatic heterocycles. The Labute approximate surface area is 145 Å². The third kappa shape index (κ3) is 3.17. The van der Waals surface area contributed by atoms with Gasteiger partial charge in [0.25, 0.3) is 0 Å². The highest BCUT2D eigenvalue weighted by atomic mass is 16.7. The molecule has 24 heavy (non-hydrogen) atoms. The summed E-state index contributed by atoms with van der Waals surface area (Å²) in [7, 11) is -0.321. The number of carbonyl (C=O) groups is 1. The Balaban J connectivity index is 1.66. The lowest BCUT2D eigenvalue weighted by molar-refractivity contribution is -0.129. The quantitative estimate of drug-likeness (QED) is 0.774. The van der Waals surface area contributed by atoms with Crippen LogP contribution < -0.4 is 10.4 Å². The van der Waals surface area contributed by atoms with Crippen LogP contribution in [0.3, 0.4) is 0 Å². The van der Waals surface area contributed by atoms with Gasteiger partial charge in [0.1, 0.15) is 0 Å². The minimum absolute atomic E-state index is 0.158. The van der Waals surface area contributed by atoms with Gasteiger partial charge in [0.2, 0.25) is 5.91 Å². The molecule has 1 aromatic rings. The van der Waals surface area contributed by atoms with Crippen molar-refractivity contribution in [3.8, 4) is 0 Å². The predicted octanol–water partition coefficient (Wildman–Crippen LogP) is 1.65. The summed E-state index contributed by atoms with van der Waals surface area (Å²) >= 11 is 0. The number of carbonyl (C=O) groups excluding carboxylic acids is 1. The van der Waals surface area contributed by atoms with Crippen molar-refractivity contribution < 1.29 is 14.1 Å². The summed E-state index contributed by atoms with van der Waals surface area (Å²) in [6.45, 7) is 13.2. The van der Waals surface area contributed by atoms with E-state index in [9.17, 15) is 4.79 Å². The zero-order valence-electron chi connectivity index (χ0n) is 15.3. The van der Waals surface area contributed by atoms with E-state index in [-0.39, 0.29) is 24.2 Å². The number of amides is 1. The smallest absolute Gasteiger partial charge is 0.399 e. The summed E-state index contributed by atoms with van der Waals surface area (Å²) in [5.74, 6) is 0.158. The van der Waals surface area contributed by atoms with Gasteiger partial charge >= 0.3 is 7.12 Å². The van der Waals surface area contributed by atoms with Crippen molar-refractivity contribution in [1.29, 1.82) is 0 Å². The Morgan fingerprint density at radius 1 is 0.958 bits per heavy atom. The maximum atomic E-state index is 11.4.